The van der Waals surface area contributed by atoms with E-state index < -0.39 is 0 Å². The first kappa shape index (κ1) is 16.0. The highest BCUT2D eigenvalue weighted by atomic mass is 127. The van der Waals surface area contributed by atoms with Gasteiger partial charge in [0.2, 0.25) is 0 Å². The fourth-order valence-electron chi connectivity index (χ4n) is 3.92. The van der Waals surface area contributed by atoms with Crippen molar-refractivity contribution in [2.75, 3.05) is 5.32 Å². The smallest absolute Gasteiger partial charge is 0.119 e. The molecular formula is C21H22INO. The van der Waals surface area contributed by atoms with Gasteiger partial charge in [0.25, 0.3) is 0 Å². The Bertz CT molecular complexity index is 766. The minimum Gasteiger partial charge on any atom is -0.491 e. The number of ether oxygens (including phenoxy) is 1. The third-order valence-electron chi connectivity index (χ3n) is 4.94. The Morgan fingerprint density at radius 1 is 1.12 bits per heavy atom. The summed E-state index contributed by atoms with van der Waals surface area (Å²) in [6, 6.07) is 15.7. The fourth-order valence-corrected chi connectivity index (χ4v) is 4.44. The van der Waals surface area contributed by atoms with E-state index in [1.165, 1.54) is 20.4 Å². The van der Waals surface area contributed by atoms with Crippen LogP contribution >= 0.6 is 22.6 Å². The Kier molecular flexibility index (Phi) is 4.29. The van der Waals surface area contributed by atoms with Crippen LogP contribution in [-0.4, -0.2) is 6.10 Å². The molecular weight excluding hydrogens is 409 g/mol. The Morgan fingerprint density at radius 2 is 1.92 bits per heavy atom. The molecule has 1 aliphatic heterocycles. The summed E-state index contributed by atoms with van der Waals surface area (Å²) in [6.07, 6.45) is 6.08. The first-order valence-corrected chi connectivity index (χ1v) is 9.69. The molecule has 24 heavy (non-hydrogen) atoms. The molecule has 0 saturated heterocycles. The van der Waals surface area contributed by atoms with E-state index in [4.69, 9.17) is 4.74 Å². The monoisotopic (exact) mass is 431 g/mol. The number of rotatable bonds is 3. The Balaban J connectivity index is 1.65. The Hall–Kier alpha value is -1.49. The van der Waals surface area contributed by atoms with Crippen LogP contribution in [0.15, 0.2) is 54.6 Å². The molecule has 1 aliphatic carbocycles. The molecule has 0 saturated carbocycles. The summed E-state index contributed by atoms with van der Waals surface area (Å²) in [6.45, 7) is 4.12. The average molecular weight is 431 g/mol. The molecule has 2 nitrogen and oxygen atoms in total. The molecule has 1 N–H and O–H groups in total. The van der Waals surface area contributed by atoms with Crippen LogP contribution in [0, 0.1) is 9.49 Å². The lowest BCUT2D eigenvalue weighted by atomic mass is 9.77. The van der Waals surface area contributed by atoms with Gasteiger partial charge in [-0.2, -0.15) is 0 Å². The van der Waals surface area contributed by atoms with Crippen LogP contribution in [0.25, 0.3) is 0 Å². The van der Waals surface area contributed by atoms with Gasteiger partial charge in [-0.05, 0) is 90.2 Å². The van der Waals surface area contributed by atoms with E-state index in [2.05, 4.69) is 96.4 Å². The largest absolute Gasteiger partial charge is 0.491 e. The highest BCUT2D eigenvalue weighted by Crippen LogP contribution is 2.50. The van der Waals surface area contributed by atoms with Crippen LogP contribution in [-0.2, 0) is 0 Å². The normalized spacial score (nSPS) is 24.4. The minimum absolute atomic E-state index is 0.210. The van der Waals surface area contributed by atoms with Crippen molar-refractivity contribution in [1.82, 2.24) is 0 Å². The van der Waals surface area contributed by atoms with Crippen molar-refractivity contribution in [2.24, 2.45) is 5.92 Å². The topological polar surface area (TPSA) is 21.3 Å². The molecule has 0 radical (unpaired) electrons. The van der Waals surface area contributed by atoms with Gasteiger partial charge in [-0.25, -0.2) is 0 Å². The SMILES string of the molecule is CC(C)Oc1ccc([C@@H]2Nc3ccc(I)cc3[C@@H]3C=CC[C@@H]32)cc1. The summed E-state index contributed by atoms with van der Waals surface area (Å²) in [4.78, 5) is 0. The van der Waals surface area contributed by atoms with Gasteiger partial charge in [-0.1, -0.05) is 24.3 Å². The van der Waals surface area contributed by atoms with E-state index in [0.717, 1.165) is 12.2 Å². The van der Waals surface area contributed by atoms with E-state index in [1.807, 2.05) is 0 Å². The second kappa shape index (κ2) is 6.43. The molecule has 0 fully saturated rings. The van der Waals surface area contributed by atoms with Crippen LogP contribution in [0.5, 0.6) is 5.75 Å². The highest BCUT2D eigenvalue weighted by molar-refractivity contribution is 14.1. The Morgan fingerprint density at radius 3 is 2.67 bits per heavy atom. The van der Waals surface area contributed by atoms with Gasteiger partial charge >= 0.3 is 0 Å². The van der Waals surface area contributed by atoms with Gasteiger partial charge in [0.1, 0.15) is 5.75 Å². The fraction of sp³-hybridized carbons (Fsp3) is 0.333. The van der Waals surface area contributed by atoms with Crippen molar-refractivity contribution >= 4 is 28.3 Å². The molecule has 0 unspecified atom stereocenters. The van der Waals surface area contributed by atoms with E-state index in [-0.39, 0.29) is 6.10 Å². The standard InChI is InChI=1S/C21H22INO/c1-13(2)24-16-9-6-14(7-10-16)21-18-5-3-4-17(18)19-12-15(22)8-11-20(19)23-21/h3-4,6-13,17-18,21,23H,5H2,1-2H3/t17-,18+,21+/m1/s1. The van der Waals surface area contributed by atoms with Gasteiger partial charge in [0.05, 0.1) is 12.1 Å². The van der Waals surface area contributed by atoms with E-state index in [9.17, 15) is 0 Å². The van der Waals surface area contributed by atoms with Gasteiger partial charge in [0, 0.05) is 15.2 Å². The lowest BCUT2D eigenvalue weighted by Gasteiger charge is -2.37. The molecule has 2 aromatic rings. The maximum Gasteiger partial charge on any atom is 0.119 e. The van der Waals surface area contributed by atoms with Crippen LogP contribution in [0.2, 0.25) is 0 Å². The maximum atomic E-state index is 5.78. The zero-order valence-corrected chi connectivity index (χ0v) is 16.2. The average Bonchev–Trinajstić information content (AvgIpc) is 3.04. The first-order chi connectivity index (χ1) is 11.6. The van der Waals surface area contributed by atoms with E-state index >= 15 is 0 Å². The molecule has 2 aromatic carbocycles. The van der Waals surface area contributed by atoms with Crippen LogP contribution in [0.4, 0.5) is 5.69 Å². The second-order valence-electron chi connectivity index (χ2n) is 6.94. The number of benzene rings is 2. The molecule has 4 rings (SSSR count). The predicted molar refractivity (Wildman–Crippen MR) is 108 cm³/mol. The van der Waals surface area contributed by atoms with Crippen molar-refractivity contribution in [2.45, 2.75) is 38.3 Å². The molecule has 124 valence electrons. The number of fused-ring (bicyclic) bond motifs is 3. The third kappa shape index (κ3) is 2.94. The molecule has 0 spiro atoms. The molecule has 0 amide bonds. The van der Waals surface area contributed by atoms with Gasteiger partial charge in [-0.3, -0.25) is 0 Å². The molecule has 2 aliphatic rings. The first-order valence-electron chi connectivity index (χ1n) is 8.61. The van der Waals surface area contributed by atoms with Crippen LogP contribution in [0.1, 0.15) is 43.4 Å². The van der Waals surface area contributed by atoms with E-state index in [1.54, 1.807) is 0 Å². The highest BCUT2D eigenvalue weighted by Gasteiger charge is 2.37. The molecule has 0 aromatic heterocycles. The summed E-state index contributed by atoms with van der Waals surface area (Å²) in [5, 5.41) is 3.79. The van der Waals surface area contributed by atoms with Crippen molar-refractivity contribution < 1.29 is 4.74 Å². The lowest BCUT2D eigenvalue weighted by molar-refractivity contribution is 0.242. The Labute approximate surface area is 157 Å². The summed E-state index contributed by atoms with van der Waals surface area (Å²) in [5.41, 5.74) is 4.06. The van der Waals surface area contributed by atoms with E-state index in [0.29, 0.717) is 17.9 Å². The van der Waals surface area contributed by atoms with Crippen molar-refractivity contribution in [3.63, 3.8) is 0 Å². The molecule has 3 atom stereocenters. The maximum absolute atomic E-state index is 5.78. The van der Waals surface area contributed by atoms with Gasteiger partial charge < -0.3 is 10.1 Å². The quantitative estimate of drug-likeness (QED) is 0.482. The lowest BCUT2D eigenvalue weighted by Crippen LogP contribution is -2.29. The van der Waals surface area contributed by atoms with Crippen molar-refractivity contribution in [3.05, 3.63) is 69.3 Å². The molecule has 1 heterocycles. The zero-order valence-electron chi connectivity index (χ0n) is 14.0. The van der Waals surface area contributed by atoms with Gasteiger partial charge in [0.15, 0.2) is 0 Å². The number of hydrogen-bond acceptors (Lipinski definition) is 2. The van der Waals surface area contributed by atoms with Gasteiger partial charge in [-0.15, -0.1) is 0 Å². The summed E-state index contributed by atoms with van der Waals surface area (Å²) in [5.74, 6) is 2.06. The number of allylic oxidation sites excluding steroid dienone is 2. The molecule has 0 bridgehead atoms. The zero-order chi connectivity index (χ0) is 16.7. The molecule has 3 heteroatoms. The third-order valence-corrected chi connectivity index (χ3v) is 5.61. The number of hydrogen-bond donors (Lipinski definition) is 1. The van der Waals surface area contributed by atoms with Crippen LogP contribution < -0.4 is 10.1 Å². The summed E-state index contributed by atoms with van der Waals surface area (Å²) in [7, 11) is 0. The second-order valence-corrected chi connectivity index (χ2v) is 8.19. The van der Waals surface area contributed by atoms with Crippen LogP contribution in [0.3, 0.4) is 0 Å². The minimum atomic E-state index is 0.210. The number of nitrogens with one attached hydrogen (secondary N) is 1. The summed E-state index contributed by atoms with van der Waals surface area (Å²) < 4.78 is 7.09. The summed E-state index contributed by atoms with van der Waals surface area (Å²) >= 11 is 2.40. The number of halogens is 1. The van der Waals surface area contributed by atoms with Crippen molar-refractivity contribution in [3.8, 4) is 5.75 Å². The predicted octanol–water partition coefficient (Wildman–Crippen LogP) is 5.90. The van der Waals surface area contributed by atoms with Crippen molar-refractivity contribution in [1.29, 1.82) is 0 Å². The number of anilines is 1.